The molecule has 0 radical (unpaired) electrons. The molecule has 26 rings (SSSR count). The van der Waals surface area contributed by atoms with Gasteiger partial charge < -0.3 is 13.4 Å². The van der Waals surface area contributed by atoms with Gasteiger partial charge in [-0.1, -0.05) is 400 Å². The lowest BCUT2D eigenvalue weighted by Crippen LogP contribution is -1.93. The van der Waals surface area contributed by atoms with Crippen molar-refractivity contribution in [2.75, 3.05) is 0 Å². The highest BCUT2D eigenvalue weighted by Crippen LogP contribution is 2.44. The highest BCUT2D eigenvalue weighted by molar-refractivity contribution is 7.26. The standard InChI is InChI=1S/C31H23N.2C25H18O.2C25H18S/c1-22-9-5-6-12-27(22)24-17-15-23(16-18-24)25-19-20-29-28-13-7-8-14-30(28)32(31(29)21-25)26-10-3-2-4-11-26;1-17-6-2-3-7-21(17)19-12-10-18(11-13-19)20-14-15-23-22-8-4-5-9-24(22)26-25(23)16-20;1-17-15-19(11-13-21(17)18-7-3-2-4-8-18)20-12-14-23-22-9-5-6-10-24(22)26-25(23)16-20;1-17-6-2-3-7-21(17)19-12-10-18(11-13-19)20-14-15-23-22-8-4-5-9-24(22)26-25(23)16-20;1-17-15-19(11-13-21(17)18-7-3-2-4-8-18)20-12-14-23-22-9-5-6-10-24(22)26-25(23)16-20/h2-21H,1H3;4*2-16H,1H3. The third-order valence-corrected chi connectivity index (χ3v) is 28.8. The lowest BCUT2D eigenvalue weighted by atomic mass is 9.95. The summed E-state index contributed by atoms with van der Waals surface area (Å²) >= 11 is 3.75. The summed E-state index contributed by atoms with van der Waals surface area (Å²) in [6.07, 6.45) is 0. The minimum Gasteiger partial charge on any atom is -0.456 e. The maximum Gasteiger partial charge on any atom is 0.136 e. The summed E-state index contributed by atoms with van der Waals surface area (Å²) in [6, 6.07) is 173. The fourth-order valence-corrected chi connectivity index (χ4v) is 21.7. The zero-order chi connectivity index (χ0) is 91.5. The van der Waals surface area contributed by atoms with Crippen molar-refractivity contribution in [3.63, 3.8) is 0 Å². The molecule has 3 nitrogen and oxygen atoms in total. The van der Waals surface area contributed by atoms with Gasteiger partial charge in [-0.2, -0.15) is 0 Å². The Bertz CT molecular complexity index is 8480. The monoisotopic (exact) mass is 1780 g/mol. The largest absolute Gasteiger partial charge is 0.456 e. The van der Waals surface area contributed by atoms with E-state index in [1.807, 2.05) is 46.9 Å². The highest BCUT2D eigenvalue weighted by Gasteiger charge is 2.18. The van der Waals surface area contributed by atoms with Gasteiger partial charge in [0.25, 0.3) is 0 Å². The summed E-state index contributed by atoms with van der Waals surface area (Å²) in [5.41, 5.74) is 39.0. The molecule has 0 aliphatic heterocycles. The summed E-state index contributed by atoms with van der Waals surface area (Å²) in [4.78, 5) is 0. The number of hydrogen-bond donors (Lipinski definition) is 0. The van der Waals surface area contributed by atoms with E-state index in [9.17, 15) is 0 Å². The molecule has 0 bridgehead atoms. The van der Waals surface area contributed by atoms with Crippen molar-refractivity contribution in [2.45, 2.75) is 34.6 Å². The van der Waals surface area contributed by atoms with E-state index < -0.39 is 0 Å². The van der Waals surface area contributed by atoms with Gasteiger partial charge in [-0.3, -0.25) is 0 Å². The molecule has 0 aliphatic rings. The number of hydrogen-bond acceptors (Lipinski definition) is 4. The van der Waals surface area contributed by atoms with Crippen LogP contribution in [-0.4, -0.2) is 4.57 Å². The molecule has 0 saturated heterocycles. The predicted molar refractivity (Wildman–Crippen MR) is 585 cm³/mol. The van der Waals surface area contributed by atoms with Gasteiger partial charge in [0.1, 0.15) is 22.3 Å². The maximum atomic E-state index is 6.04. The lowest BCUT2D eigenvalue weighted by Gasteiger charge is -2.10. The van der Waals surface area contributed by atoms with E-state index in [0.717, 1.165) is 22.3 Å². The Morgan fingerprint density at radius 1 is 0.154 bits per heavy atom. The van der Waals surface area contributed by atoms with Gasteiger partial charge in [-0.25, -0.2) is 0 Å². The molecule has 0 aliphatic carbocycles. The van der Waals surface area contributed by atoms with E-state index in [1.54, 1.807) is 0 Å². The topological polar surface area (TPSA) is 31.2 Å². The number of benzene rings is 21. The number of furan rings is 2. The molecule has 21 aromatic carbocycles. The van der Waals surface area contributed by atoms with Crippen LogP contribution in [0.25, 0.3) is 223 Å². The van der Waals surface area contributed by atoms with Crippen molar-refractivity contribution in [3.8, 4) is 117 Å². The van der Waals surface area contributed by atoms with Crippen LogP contribution in [-0.2, 0) is 0 Å². The molecule has 0 fully saturated rings. The summed E-state index contributed by atoms with van der Waals surface area (Å²) in [6.45, 7) is 10.9. The van der Waals surface area contributed by atoms with E-state index in [2.05, 4.69) is 500 Å². The van der Waals surface area contributed by atoms with Gasteiger partial charge in [-0.05, 0) is 259 Å². The lowest BCUT2D eigenvalue weighted by molar-refractivity contribution is 0.668. The minimum atomic E-state index is 0.937. The van der Waals surface area contributed by atoms with Crippen molar-refractivity contribution in [2.24, 2.45) is 0 Å². The molecule has 0 spiro atoms. The van der Waals surface area contributed by atoms with Crippen LogP contribution in [0.4, 0.5) is 0 Å². The van der Waals surface area contributed by atoms with Crippen molar-refractivity contribution >= 4 is 129 Å². The molecule has 26 aromatic rings. The van der Waals surface area contributed by atoms with Crippen LogP contribution in [0, 0.1) is 34.6 Å². The number of aryl methyl sites for hydroxylation is 5. The second-order valence-corrected chi connectivity index (χ2v) is 37.3. The van der Waals surface area contributed by atoms with Gasteiger partial charge >= 0.3 is 0 Å². The Morgan fingerprint density at radius 3 is 0.846 bits per heavy atom. The average Bonchev–Trinajstić information content (AvgIpc) is 1.58. The first kappa shape index (κ1) is 85.0. The second-order valence-electron chi connectivity index (χ2n) is 35.1. The average molecular weight is 1780 g/mol. The van der Waals surface area contributed by atoms with Gasteiger partial charge in [-0.15, -0.1) is 22.7 Å². The molecule has 0 saturated carbocycles. The third-order valence-electron chi connectivity index (χ3n) is 26.5. The van der Waals surface area contributed by atoms with Gasteiger partial charge in [0.05, 0.1) is 11.0 Å². The summed E-state index contributed by atoms with van der Waals surface area (Å²) in [5, 5.41) is 12.7. The quantitative estimate of drug-likeness (QED) is 0.129. The predicted octanol–water partition coefficient (Wildman–Crippen LogP) is 38.3. The zero-order valence-electron chi connectivity index (χ0n) is 76.3. The fraction of sp³-hybridized carbons (Fsp3) is 0.0382. The van der Waals surface area contributed by atoms with E-state index in [0.29, 0.717) is 0 Å². The van der Waals surface area contributed by atoms with Crippen LogP contribution in [0.2, 0.25) is 0 Å². The van der Waals surface area contributed by atoms with Gasteiger partial charge in [0.2, 0.25) is 0 Å². The molecule has 0 N–H and O–H groups in total. The Morgan fingerprint density at radius 2 is 0.419 bits per heavy atom. The number of fused-ring (bicyclic) bond motifs is 15. The Kier molecular flexibility index (Phi) is 23.5. The van der Waals surface area contributed by atoms with Crippen LogP contribution < -0.4 is 0 Å². The van der Waals surface area contributed by atoms with Gasteiger partial charge in [0.15, 0.2) is 0 Å². The first-order chi connectivity index (χ1) is 67.0. The summed E-state index contributed by atoms with van der Waals surface area (Å²) in [7, 11) is 0. The maximum absolute atomic E-state index is 6.04. The Hall–Kier alpha value is -16.5. The molecule has 0 amide bonds. The summed E-state index contributed by atoms with van der Waals surface area (Å²) in [5.74, 6) is 0. The Balaban J connectivity index is 0.0000000988. The van der Waals surface area contributed by atoms with Crippen molar-refractivity contribution in [1.29, 1.82) is 0 Å². The van der Waals surface area contributed by atoms with Crippen LogP contribution in [0.15, 0.2) is 494 Å². The number of para-hydroxylation sites is 4. The Labute approximate surface area is 800 Å². The fourth-order valence-electron chi connectivity index (χ4n) is 19.4. The molecule has 136 heavy (non-hydrogen) atoms. The molecule has 0 atom stereocenters. The second kappa shape index (κ2) is 37.6. The number of nitrogens with zero attached hydrogens (tertiary/aromatic N) is 1. The van der Waals surface area contributed by atoms with E-state index in [4.69, 9.17) is 8.83 Å². The highest BCUT2D eigenvalue weighted by atomic mass is 32.1. The summed E-state index contributed by atoms with van der Waals surface area (Å²) < 4.78 is 19.9. The van der Waals surface area contributed by atoms with Crippen LogP contribution >= 0.6 is 22.7 Å². The van der Waals surface area contributed by atoms with E-state index in [1.165, 1.54) is 228 Å². The number of aromatic nitrogens is 1. The molecular formula is C131H95NO2S2. The number of thiophene rings is 2. The molecule has 648 valence electrons. The van der Waals surface area contributed by atoms with E-state index >= 15 is 0 Å². The number of rotatable bonds is 11. The first-order valence-electron chi connectivity index (χ1n) is 46.5. The molecule has 0 unspecified atom stereocenters. The SMILES string of the molecule is Cc1cc(-c2ccc3c(c2)oc2ccccc23)ccc1-c1ccccc1.Cc1cc(-c2ccc3c(c2)sc2ccccc23)ccc1-c1ccccc1.Cc1ccccc1-c1ccc(-c2ccc3c(c2)oc2ccccc23)cc1.Cc1ccccc1-c1ccc(-c2ccc3c(c2)sc2ccccc23)cc1.Cc1ccccc1-c1ccc(-c2ccc3c4ccccc4n(-c4ccccc4)c3c2)cc1. The zero-order valence-corrected chi connectivity index (χ0v) is 77.9. The van der Waals surface area contributed by atoms with Crippen molar-refractivity contribution < 1.29 is 8.83 Å². The molecular weight excluding hydrogens is 1680 g/mol. The van der Waals surface area contributed by atoms with Crippen LogP contribution in [0.1, 0.15) is 27.8 Å². The normalized spacial score (nSPS) is 11.3. The molecule has 5 heteroatoms. The smallest absolute Gasteiger partial charge is 0.136 e. The first-order valence-corrected chi connectivity index (χ1v) is 48.2. The minimum absolute atomic E-state index is 0.937. The van der Waals surface area contributed by atoms with Crippen molar-refractivity contribution in [3.05, 3.63) is 513 Å². The molecule has 5 heterocycles. The third kappa shape index (κ3) is 17.2. The van der Waals surface area contributed by atoms with Gasteiger partial charge in [0, 0.05) is 78.3 Å². The van der Waals surface area contributed by atoms with Crippen molar-refractivity contribution in [1.82, 2.24) is 4.57 Å². The van der Waals surface area contributed by atoms with Crippen LogP contribution in [0.5, 0.6) is 0 Å². The van der Waals surface area contributed by atoms with Crippen LogP contribution in [0.3, 0.4) is 0 Å². The van der Waals surface area contributed by atoms with E-state index in [-0.39, 0.29) is 0 Å². The molecule has 5 aromatic heterocycles.